The lowest BCUT2D eigenvalue weighted by Crippen LogP contribution is -1.95. The van der Waals surface area contributed by atoms with E-state index in [-0.39, 0.29) is 4.90 Å². The van der Waals surface area contributed by atoms with Crippen molar-refractivity contribution in [2.45, 2.75) is 4.90 Å². The summed E-state index contributed by atoms with van der Waals surface area (Å²) in [7, 11) is 3.06. The van der Waals surface area contributed by atoms with Gasteiger partial charge in [-0.3, -0.25) is 4.98 Å². The maximum absolute atomic E-state index is 11.3. The molecule has 0 radical (unpaired) electrons. The summed E-state index contributed by atoms with van der Waals surface area (Å²) in [5.74, 6) is 0.514. The molecule has 0 N–H and O–H groups in total. The van der Waals surface area contributed by atoms with Crippen LogP contribution in [0.25, 0.3) is 10.9 Å². The first-order valence-electron chi connectivity index (χ1n) is 4.40. The number of hydrogen-bond acceptors (Lipinski definition) is 4. The molecule has 0 amide bonds. The zero-order chi connectivity index (χ0) is 11.8. The van der Waals surface area contributed by atoms with E-state index in [4.69, 9.17) is 15.4 Å². The second kappa shape index (κ2) is 3.92. The van der Waals surface area contributed by atoms with Gasteiger partial charge in [0, 0.05) is 22.3 Å². The summed E-state index contributed by atoms with van der Waals surface area (Å²) in [6.07, 6.45) is 1.56. The lowest BCUT2D eigenvalue weighted by atomic mass is 10.2. The molecule has 0 bridgehead atoms. The Morgan fingerprint density at radius 1 is 1.31 bits per heavy atom. The van der Waals surface area contributed by atoms with Crippen molar-refractivity contribution in [3.8, 4) is 5.75 Å². The van der Waals surface area contributed by atoms with Crippen LogP contribution < -0.4 is 4.74 Å². The zero-order valence-electron chi connectivity index (χ0n) is 8.34. The molecule has 0 aliphatic rings. The highest BCUT2D eigenvalue weighted by Crippen LogP contribution is 2.30. The van der Waals surface area contributed by atoms with Crippen molar-refractivity contribution in [1.82, 2.24) is 4.98 Å². The maximum atomic E-state index is 11.3. The Morgan fingerprint density at radius 2 is 2.06 bits per heavy atom. The number of aromatic nitrogens is 1. The molecule has 0 spiro atoms. The third kappa shape index (κ3) is 1.83. The van der Waals surface area contributed by atoms with Crippen molar-refractivity contribution in [1.29, 1.82) is 0 Å². The molecule has 0 aliphatic heterocycles. The van der Waals surface area contributed by atoms with Gasteiger partial charge in [-0.25, -0.2) is 8.42 Å². The Bertz CT molecular complexity index is 640. The van der Waals surface area contributed by atoms with Crippen LogP contribution in [0.2, 0.25) is 0 Å². The van der Waals surface area contributed by atoms with Gasteiger partial charge in [-0.1, -0.05) is 0 Å². The summed E-state index contributed by atoms with van der Waals surface area (Å²) < 4.78 is 27.8. The second-order valence-electron chi connectivity index (χ2n) is 3.10. The van der Waals surface area contributed by atoms with Gasteiger partial charge in [0.05, 0.1) is 12.0 Å². The van der Waals surface area contributed by atoms with Crippen molar-refractivity contribution in [2.24, 2.45) is 0 Å². The van der Waals surface area contributed by atoms with E-state index in [0.717, 1.165) is 0 Å². The van der Waals surface area contributed by atoms with Gasteiger partial charge in [0.15, 0.2) is 0 Å². The van der Waals surface area contributed by atoms with Gasteiger partial charge in [-0.15, -0.1) is 0 Å². The Balaban J connectivity index is 2.91. The number of nitrogens with zero attached hydrogens (tertiary/aromatic N) is 1. The molecule has 2 aromatic rings. The van der Waals surface area contributed by atoms with Crippen molar-refractivity contribution < 1.29 is 13.2 Å². The predicted octanol–water partition coefficient (Wildman–Crippen LogP) is 2.17. The molecule has 0 atom stereocenters. The Labute approximate surface area is 97.2 Å². The van der Waals surface area contributed by atoms with Crippen LogP contribution >= 0.6 is 10.7 Å². The van der Waals surface area contributed by atoms with E-state index >= 15 is 0 Å². The van der Waals surface area contributed by atoms with E-state index in [9.17, 15) is 8.42 Å². The highest BCUT2D eigenvalue weighted by molar-refractivity contribution is 8.14. The van der Waals surface area contributed by atoms with Crippen LogP contribution in [-0.2, 0) is 9.05 Å². The molecular weight excluding hydrogens is 250 g/mol. The zero-order valence-corrected chi connectivity index (χ0v) is 9.92. The van der Waals surface area contributed by atoms with Gasteiger partial charge < -0.3 is 4.74 Å². The summed E-state index contributed by atoms with van der Waals surface area (Å²) in [5, 5.41) is 0.455. The van der Waals surface area contributed by atoms with Gasteiger partial charge in [-0.05, 0) is 24.3 Å². The molecule has 84 valence electrons. The average molecular weight is 258 g/mol. The standard InChI is InChI=1S/C10H8ClNO3S/c1-15-8-4-5-9(16(11,13)14)7-3-2-6-12-10(7)8/h2-6H,1H3. The van der Waals surface area contributed by atoms with Gasteiger partial charge in [0.2, 0.25) is 0 Å². The summed E-state index contributed by atoms with van der Waals surface area (Å²) in [5.41, 5.74) is 0.478. The number of methoxy groups -OCH3 is 1. The Kier molecular flexibility index (Phi) is 2.73. The van der Waals surface area contributed by atoms with Crippen molar-refractivity contribution in [3.63, 3.8) is 0 Å². The molecule has 0 unspecified atom stereocenters. The summed E-state index contributed by atoms with van der Waals surface area (Å²) in [6.45, 7) is 0. The van der Waals surface area contributed by atoms with Gasteiger partial charge in [-0.2, -0.15) is 0 Å². The first-order valence-corrected chi connectivity index (χ1v) is 6.71. The van der Waals surface area contributed by atoms with E-state index in [1.165, 1.54) is 19.2 Å². The maximum Gasteiger partial charge on any atom is 0.261 e. The van der Waals surface area contributed by atoms with Gasteiger partial charge in [0.1, 0.15) is 11.3 Å². The monoisotopic (exact) mass is 257 g/mol. The fraction of sp³-hybridized carbons (Fsp3) is 0.100. The Morgan fingerprint density at radius 3 is 2.69 bits per heavy atom. The predicted molar refractivity (Wildman–Crippen MR) is 61.3 cm³/mol. The fourth-order valence-corrected chi connectivity index (χ4v) is 2.56. The highest BCUT2D eigenvalue weighted by Gasteiger charge is 2.16. The number of fused-ring (bicyclic) bond motifs is 1. The van der Waals surface area contributed by atoms with Crippen LogP contribution in [-0.4, -0.2) is 20.5 Å². The van der Waals surface area contributed by atoms with Crippen LogP contribution in [0.4, 0.5) is 0 Å². The SMILES string of the molecule is COc1ccc(S(=O)(=O)Cl)c2cccnc12. The minimum absolute atomic E-state index is 0.0399. The molecule has 6 heteroatoms. The second-order valence-corrected chi connectivity index (χ2v) is 5.64. The first-order chi connectivity index (χ1) is 7.54. The molecule has 1 heterocycles. The lowest BCUT2D eigenvalue weighted by Gasteiger charge is -2.06. The Hall–Kier alpha value is -1.33. The van der Waals surface area contributed by atoms with E-state index in [1.807, 2.05) is 0 Å². The number of hydrogen-bond donors (Lipinski definition) is 0. The molecule has 0 aliphatic carbocycles. The number of benzene rings is 1. The third-order valence-corrected chi connectivity index (χ3v) is 3.56. The molecule has 0 saturated carbocycles. The first kappa shape index (κ1) is 11.2. The number of rotatable bonds is 2. The topological polar surface area (TPSA) is 56.3 Å². The van der Waals surface area contributed by atoms with Gasteiger partial charge in [0.25, 0.3) is 9.05 Å². The normalized spacial score (nSPS) is 11.6. The van der Waals surface area contributed by atoms with E-state index in [2.05, 4.69) is 4.98 Å². The smallest absolute Gasteiger partial charge is 0.261 e. The minimum atomic E-state index is -3.78. The number of ether oxygens (including phenoxy) is 1. The molecular formula is C10H8ClNO3S. The van der Waals surface area contributed by atoms with Crippen molar-refractivity contribution in [3.05, 3.63) is 30.5 Å². The lowest BCUT2D eigenvalue weighted by molar-refractivity contribution is 0.418. The highest BCUT2D eigenvalue weighted by atomic mass is 35.7. The molecule has 16 heavy (non-hydrogen) atoms. The molecule has 4 nitrogen and oxygen atoms in total. The van der Waals surface area contributed by atoms with Crippen molar-refractivity contribution >= 4 is 30.6 Å². The van der Waals surface area contributed by atoms with E-state index in [0.29, 0.717) is 16.7 Å². The van der Waals surface area contributed by atoms with E-state index < -0.39 is 9.05 Å². The average Bonchev–Trinajstić information content (AvgIpc) is 2.26. The molecule has 2 rings (SSSR count). The molecule has 0 fully saturated rings. The quantitative estimate of drug-likeness (QED) is 0.774. The summed E-state index contributed by atoms with van der Waals surface area (Å²) in [6, 6.07) is 6.23. The summed E-state index contributed by atoms with van der Waals surface area (Å²) in [4.78, 5) is 4.12. The minimum Gasteiger partial charge on any atom is -0.494 e. The van der Waals surface area contributed by atoms with Crippen LogP contribution in [0, 0.1) is 0 Å². The number of pyridine rings is 1. The van der Waals surface area contributed by atoms with Crippen LogP contribution in [0.3, 0.4) is 0 Å². The van der Waals surface area contributed by atoms with E-state index in [1.54, 1.807) is 18.3 Å². The third-order valence-electron chi connectivity index (χ3n) is 2.18. The number of halogens is 1. The van der Waals surface area contributed by atoms with Crippen LogP contribution in [0.15, 0.2) is 35.4 Å². The van der Waals surface area contributed by atoms with Crippen LogP contribution in [0.5, 0.6) is 5.75 Å². The van der Waals surface area contributed by atoms with Crippen molar-refractivity contribution in [2.75, 3.05) is 7.11 Å². The fourth-order valence-electron chi connectivity index (χ4n) is 1.50. The summed E-state index contributed by atoms with van der Waals surface area (Å²) >= 11 is 0. The largest absolute Gasteiger partial charge is 0.494 e. The molecule has 0 saturated heterocycles. The van der Waals surface area contributed by atoms with Crippen LogP contribution in [0.1, 0.15) is 0 Å². The molecule has 1 aromatic heterocycles. The van der Waals surface area contributed by atoms with Gasteiger partial charge >= 0.3 is 0 Å². The molecule has 1 aromatic carbocycles.